The van der Waals surface area contributed by atoms with Crippen LogP contribution in [0.5, 0.6) is 0 Å². The summed E-state index contributed by atoms with van der Waals surface area (Å²) in [5, 5.41) is 0. The maximum Gasteiger partial charge on any atom is 0.116 e. The Balaban J connectivity index is 2.60. The second kappa shape index (κ2) is 2.88. The molecular formula is C5H10O3PS-. The summed E-state index contributed by atoms with van der Waals surface area (Å²) < 4.78 is 9.78. The predicted molar refractivity (Wildman–Crippen MR) is 40.0 cm³/mol. The molecule has 0 aromatic carbocycles. The average molecular weight is 181 g/mol. The van der Waals surface area contributed by atoms with Crippen LogP contribution in [0.15, 0.2) is 0 Å². The zero-order chi connectivity index (χ0) is 7.78. The fraction of sp³-hybridized carbons (Fsp3) is 1.00. The highest BCUT2D eigenvalue weighted by Crippen LogP contribution is 2.46. The van der Waals surface area contributed by atoms with Gasteiger partial charge in [0.05, 0.1) is 12.2 Å². The third-order valence-corrected chi connectivity index (χ3v) is 3.03. The molecule has 0 bridgehead atoms. The van der Waals surface area contributed by atoms with Crippen LogP contribution in [0.2, 0.25) is 0 Å². The zero-order valence-corrected chi connectivity index (χ0v) is 7.65. The average Bonchev–Trinajstić information content (AvgIpc) is 1.54. The van der Waals surface area contributed by atoms with Crippen LogP contribution >= 0.6 is 6.72 Å². The van der Waals surface area contributed by atoms with Crippen LogP contribution in [-0.2, 0) is 20.9 Å². The molecule has 0 aliphatic carbocycles. The van der Waals surface area contributed by atoms with E-state index in [0.717, 1.165) is 6.42 Å². The molecule has 1 fully saturated rings. The van der Waals surface area contributed by atoms with Crippen molar-refractivity contribution in [3.05, 3.63) is 0 Å². The standard InChI is InChI=1S/C5H11O3PS/c1-4-3-5(2)8-9(6,10)7-4/h4-5H,3H2,1-2H3,(H,6,10)/p-1. The lowest BCUT2D eigenvalue weighted by molar-refractivity contribution is -0.222. The van der Waals surface area contributed by atoms with Crippen molar-refractivity contribution in [3.63, 3.8) is 0 Å². The second-order valence-electron chi connectivity index (χ2n) is 2.51. The van der Waals surface area contributed by atoms with E-state index in [1.807, 2.05) is 13.8 Å². The molecule has 1 aliphatic rings. The summed E-state index contributed by atoms with van der Waals surface area (Å²) in [6, 6.07) is 0. The predicted octanol–water partition coefficient (Wildman–Crippen LogP) is 0.785. The number of hydrogen-bond acceptors (Lipinski definition) is 4. The summed E-state index contributed by atoms with van der Waals surface area (Å²) >= 11 is 4.56. The normalized spacial score (nSPS) is 49.1. The van der Waals surface area contributed by atoms with Gasteiger partial charge in [-0.25, -0.2) is 0 Å². The molecule has 0 amide bonds. The second-order valence-corrected chi connectivity index (χ2v) is 5.17. The van der Waals surface area contributed by atoms with Crippen LogP contribution in [0.25, 0.3) is 0 Å². The van der Waals surface area contributed by atoms with Gasteiger partial charge < -0.3 is 13.9 Å². The minimum absolute atomic E-state index is 0.0351. The molecule has 0 saturated carbocycles. The van der Waals surface area contributed by atoms with Crippen molar-refractivity contribution >= 4 is 18.5 Å². The largest absolute Gasteiger partial charge is 0.780 e. The first kappa shape index (κ1) is 8.62. The highest BCUT2D eigenvalue weighted by atomic mass is 32.5. The van der Waals surface area contributed by atoms with Crippen molar-refractivity contribution in [2.75, 3.05) is 0 Å². The molecule has 1 aliphatic heterocycles. The van der Waals surface area contributed by atoms with Gasteiger partial charge in [0, 0.05) is 6.42 Å². The van der Waals surface area contributed by atoms with E-state index in [1.54, 1.807) is 0 Å². The Bertz CT molecular complexity index is 158. The van der Waals surface area contributed by atoms with Gasteiger partial charge in [0.25, 0.3) is 0 Å². The van der Waals surface area contributed by atoms with Gasteiger partial charge in [0.1, 0.15) is 6.72 Å². The zero-order valence-electron chi connectivity index (χ0n) is 5.94. The van der Waals surface area contributed by atoms with Crippen molar-refractivity contribution in [2.24, 2.45) is 0 Å². The Morgan fingerprint density at radius 2 is 1.80 bits per heavy atom. The van der Waals surface area contributed by atoms with Gasteiger partial charge in [-0.1, -0.05) is 11.8 Å². The van der Waals surface area contributed by atoms with Gasteiger partial charge in [-0.15, -0.1) is 0 Å². The van der Waals surface area contributed by atoms with Crippen molar-refractivity contribution in [2.45, 2.75) is 32.5 Å². The molecule has 60 valence electrons. The third-order valence-electron chi connectivity index (χ3n) is 1.28. The van der Waals surface area contributed by atoms with Gasteiger partial charge in [-0.2, -0.15) is 0 Å². The SMILES string of the molecule is CC1CC(C)OP([O-])(=S)O1. The molecule has 2 unspecified atom stereocenters. The summed E-state index contributed by atoms with van der Waals surface area (Å²) in [5.41, 5.74) is 0. The van der Waals surface area contributed by atoms with Crippen LogP contribution in [0, 0.1) is 0 Å². The Kier molecular flexibility index (Phi) is 2.48. The quantitative estimate of drug-likeness (QED) is 0.518. The van der Waals surface area contributed by atoms with E-state index in [-0.39, 0.29) is 12.2 Å². The van der Waals surface area contributed by atoms with E-state index < -0.39 is 6.72 Å². The fourth-order valence-corrected chi connectivity index (χ4v) is 3.00. The maximum absolute atomic E-state index is 11.0. The third kappa shape index (κ3) is 2.29. The molecule has 2 atom stereocenters. The highest BCUT2D eigenvalue weighted by Gasteiger charge is 2.22. The molecule has 1 rings (SSSR count). The summed E-state index contributed by atoms with van der Waals surface area (Å²) in [6.45, 7) is 0.575. The van der Waals surface area contributed by atoms with E-state index in [2.05, 4.69) is 11.8 Å². The lowest BCUT2D eigenvalue weighted by Crippen LogP contribution is -2.27. The first-order chi connectivity index (χ1) is 4.49. The summed E-state index contributed by atoms with van der Waals surface area (Å²) in [5.74, 6) is 0. The monoisotopic (exact) mass is 181 g/mol. The topological polar surface area (TPSA) is 41.5 Å². The molecular weight excluding hydrogens is 171 g/mol. The molecule has 0 N–H and O–H groups in total. The Labute approximate surface area is 65.6 Å². The molecule has 0 spiro atoms. The summed E-state index contributed by atoms with van der Waals surface area (Å²) in [7, 11) is 0. The van der Waals surface area contributed by atoms with Gasteiger partial charge in [0.2, 0.25) is 0 Å². The van der Waals surface area contributed by atoms with Crippen LogP contribution in [0.4, 0.5) is 0 Å². The molecule has 0 aromatic rings. The number of rotatable bonds is 0. The summed E-state index contributed by atoms with van der Waals surface area (Å²) in [6.07, 6.45) is 0.694. The molecule has 0 aromatic heterocycles. The van der Waals surface area contributed by atoms with E-state index in [0.29, 0.717) is 0 Å². The van der Waals surface area contributed by atoms with E-state index in [9.17, 15) is 4.89 Å². The maximum atomic E-state index is 11.0. The molecule has 5 heteroatoms. The Hall–Kier alpha value is 0.530. The van der Waals surface area contributed by atoms with Crippen LogP contribution in [0.3, 0.4) is 0 Å². The fourth-order valence-electron chi connectivity index (χ4n) is 1.02. The highest BCUT2D eigenvalue weighted by molar-refractivity contribution is 8.06. The minimum Gasteiger partial charge on any atom is -0.780 e. The van der Waals surface area contributed by atoms with Gasteiger partial charge >= 0.3 is 0 Å². The molecule has 1 heterocycles. The van der Waals surface area contributed by atoms with Gasteiger partial charge in [0.15, 0.2) is 0 Å². The Morgan fingerprint density at radius 1 is 1.40 bits per heavy atom. The molecule has 10 heavy (non-hydrogen) atoms. The van der Waals surface area contributed by atoms with Crippen LogP contribution < -0.4 is 4.89 Å². The first-order valence-corrected chi connectivity index (χ1v) is 5.73. The molecule has 0 radical (unpaired) electrons. The lowest BCUT2D eigenvalue weighted by atomic mass is 10.2. The lowest BCUT2D eigenvalue weighted by Gasteiger charge is -2.38. The van der Waals surface area contributed by atoms with Crippen molar-refractivity contribution < 1.29 is 13.9 Å². The summed E-state index contributed by atoms with van der Waals surface area (Å²) in [4.78, 5) is 11.0. The van der Waals surface area contributed by atoms with Crippen molar-refractivity contribution in [3.8, 4) is 0 Å². The van der Waals surface area contributed by atoms with Gasteiger partial charge in [-0.05, 0) is 13.8 Å². The minimum atomic E-state index is -3.12. The Morgan fingerprint density at radius 3 is 2.10 bits per heavy atom. The molecule has 3 nitrogen and oxygen atoms in total. The molecule has 1 saturated heterocycles. The van der Waals surface area contributed by atoms with Crippen molar-refractivity contribution in [1.29, 1.82) is 0 Å². The first-order valence-electron chi connectivity index (χ1n) is 3.17. The number of hydrogen-bond donors (Lipinski definition) is 0. The van der Waals surface area contributed by atoms with Crippen LogP contribution in [-0.4, -0.2) is 12.2 Å². The van der Waals surface area contributed by atoms with E-state index in [4.69, 9.17) is 9.05 Å². The smallest absolute Gasteiger partial charge is 0.116 e. The van der Waals surface area contributed by atoms with Gasteiger partial charge in [-0.3, -0.25) is 0 Å². The van der Waals surface area contributed by atoms with E-state index in [1.165, 1.54) is 0 Å². The van der Waals surface area contributed by atoms with Crippen molar-refractivity contribution in [1.82, 2.24) is 0 Å². The van der Waals surface area contributed by atoms with E-state index >= 15 is 0 Å². The van der Waals surface area contributed by atoms with Crippen LogP contribution in [0.1, 0.15) is 20.3 Å².